The van der Waals surface area contributed by atoms with Crippen molar-refractivity contribution in [3.8, 4) is 17.1 Å². The predicted molar refractivity (Wildman–Crippen MR) is 98.9 cm³/mol. The first-order valence-corrected chi connectivity index (χ1v) is 9.20. The minimum absolute atomic E-state index is 0.0369. The summed E-state index contributed by atoms with van der Waals surface area (Å²) < 4.78 is 5.75. The Morgan fingerprint density at radius 3 is 2.68 bits per heavy atom. The monoisotopic (exact) mass is 383 g/mol. The lowest BCUT2D eigenvalue weighted by Gasteiger charge is -2.29. The van der Waals surface area contributed by atoms with E-state index in [0.717, 1.165) is 42.5 Å². The van der Waals surface area contributed by atoms with Crippen molar-refractivity contribution in [3.63, 3.8) is 0 Å². The highest BCUT2D eigenvalue weighted by Gasteiger charge is 2.26. The van der Waals surface area contributed by atoms with Gasteiger partial charge in [-0.05, 0) is 48.8 Å². The molecular formula is C19H21N5O4. The van der Waals surface area contributed by atoms with Crippen molar-refractivity contribution in [1.29, 1.82) is 0 Å². The number of carbonyl (C=O) groups is 1. The number of aromatic nitrogens is 5. The molecule has 1 aliphatic rings. The number of aromatic carboxylic acids is 1. The van der Waals surface area contributed by atoms with Crippen LogP contribution in [0.5, 0.6) is 5.88 Å². The maximum absolute atomic E-state index is 11.1. The lowest BCUT2D eigenvalue weighted by atomic mass is 9.81. The number of nitrogens with one attached hydrogen (secondary N) is 2. The third-order valence-corrected chi connectivity index (χ3v) is 5.24. The smallest absolute Gasteiger partial charge is 0.359 e. The Hall–Kier alpha value is -3.20. The van der Waals surface area contributed by atoms with E-state index < -0.39 is 5.97 Å². The van der Waals surface area contributed by atoms with Crippen LogP contribution in [0.4, 0.5) is 0 Å². The average molecular weight is 383 g/mol. The number of aliphatic hydroxyl groups excluding tert-OH is 1. The molecule has 3 aromatic rings. The van der Waals surface area contributed by atoms with E-state index in [9.17, 15) is 9.90 Å². The van der Waals surface area contributed by atoms with Crippen LogP contribution in [0.25, 0.3) is 11.3 Å². The minimum Gasteiger partial charge on any atom is -0.476 e. The number of aliphatic hydroxyl groups is 1. The van der Waals surface area contributed by atoms with E-state index in [1.54, 1.807) is 6.20 Å². The van der Waals surface area contributed by atoms with Gasteiger partial charge in [0.25, 0.3) is 5.88 Å². The van der Waals surface area contributed by atoms with Gasteiger partial charge in [-0.15, -0.1) is 0 Å². The zero-order valence-corrected chi connectivity index (χ0v) is 15.1. The van der Waals surface area contributed by atoms with Crippen LogP contribution in [0.2, 0.25) is 0 Å². The van der Waals surface area contributed by atoms with Gasteiger partial charge in [-0.1, -0.05) is 28.5 Å². The van der Waals surface area contributed by atoms with Gasteiger partial charge in [0, 0.05) is 11.8 Å². The Morgan fingerprint density at radius 1 is 1.18 bits per heavy atom. The number of carboxylic acids is 1. The number of H-pyrrole nitrogens is 2. The Kier molecular flexibility index (Phi) is 5.07. The van der Waals surface area contributed by atoms with Crippen molar-refractivity contribution in [3.05, 3.63) is 47.3 Å². The van der Waals surface area contributed by atoms with Crippen LogP contribution in [-0.2, 0) is 6.61 Å². The summed E-state index contributed by atoms with van der Waals surface area (Å²) in [6, 6.07) is 8.06. The van der Waals surface area contributed by atoms with E-state index >= 15 is 0 Å². The minimum atomic E-state index is -1.14. The number of hydrogen-bond donors (Lipinski definition) is 4. The fourth-order valence-electron chi connectivity index (χ4n) is 3.78. The highest BCUT2D eigenvalue weighted by Crippen LogP contribution is 2.36. The van der Waals surface area contributed by atoms with Gasteiger partial charge in [0.05, 0.1) is 12.3 Å². The second kappa shape index (κ2) is 7.81. The lowest BCUT2D eigenvalue weighted by Crippen LogP contribution is -2.24. The van der Waals surface area contributed by atoms with Crippen molar-refractivity contribution < 1.29 is 19.7 Å². The quantitative estimate of drug-likeness (QED) is 0.513. The maximum atomic E-state index is 11.1. The van der Waals surface area contributed by atoms with Crippen molar-refractivity contribution in [2.45, 2.75) is 44.3 Å². The summed E-state index contributed by atoms with van der Waals surface area (Å²) in [6.07, 6.45) is 5.04. The topological polar surface area (TPSA) is 137 Å². The van der Waals surface area contributed by atoms with Gasteiger partial charge in [-0.25, -0.2) is 9.89 Å². The highest BCUT2D eigenvalue weighted by atomic mass is 16.5. The molecule has 0 saturated heterocycles. The average Bonchev–Trinajstić information content (AvgIpc) is 3.40. The first kappa shape index (κ1) is 18.2. The number of rotatable bonds is 6. The molecule has 146 valence electrons. The molecule has 28 heavy (non-hydrogen) atoms. The van der Waals surface area contributed by atoms with E-state index in [-0.39, 0.29) is 24.3 Å². The van der Waals surface area contributed by atoms with E-state index in [0.29, 0.717) is 5.92 Å². The van der Waals surface area contributed by atoms with Gasteiger partial charge in [-0.2, -0.15) is 5.10 Å². The van der Waals surface area contributed by atoms with Crippen LogP contribution in [0, 0.1) is 0 Å². The maximum Gasteiger partial charge on any atom is 0.359 e. The zero-order valence-electron chi connectivity index (χ0n) is 15.1. The van der Waals surface area contributed by atoms with Gasteiger partial charge >= 0.3 is 5.97 Å². The number of aromatic amines is 2. The van der Waals surface area contributed by atoms with Crippen LogP contribution >= 0.6 is 0 Å². The number of benzene rings is 1. The number of carboxylic acid groups (broad SMARTS) is 1. The Balaban J connectivity index is 1.42. The summed E-state index contributed by atoms with van der Waals surface area (Å²) in [5.74, 6) is -0.720. The van der Waals surface area contributed by atoms with Crippen LogP contribution in [0.1, 0.15) is 53.2 Å². The molecule has 2 heterocycles. The van der Waals surface area contributed by atoms with Crippen LogP contribution < -0.4 is 4.74 Å². The summed E-state index contributed by atoms with van der Waals surface area (Å²) in [5.41, 5.74) is 3.78. The number of nitrogens with zero attached hydrogens (tertiary/aromatic N) is 3. The van der Waals surface area contributed by atoms with E-state index in [4.69, 9.17) is 9.84 Å². The molecule has 9 nitrogen and oxygen atoms in total. The van der Waals surface area contributed by atoms with E-state index in [1.165, 1.54) is 5.56 Å². The third-order valence-electron chi connectivity index (χ3n) is 5.24. The van der Waals surface area contributed by atoms with Gasteiger partial charge in [-0.3, -0.25) is 5.10 Å². The van der Waals surface area contributed by atoms with Crippen LogP contribution in [0.15, 0.2) is 30.5 Å². The molecule has 0 radical (unpaired) electrons. The zero-order chi connectivity index (χ0) is 19.5. The van der Waals surface area contributed by atoms with E-state index in [1.807, 2.05) is 12.1 Å². The molecule has 0 unspecified atom stereocenters. The second-order valence-corrected chi connectivity index (χ2v) is 6.93. The molecule has 0 amide bonds. The summed E-state index contributed by atoms with van der Waals surface area (Å²) in [4.78, 5) is 11.1. The Labute approximate surface area is 160 Å². The van der Waals surface area contributed by atoms with Gasteiger partial charge in [0.2, 0.25) is 5.69 Å². The molecule has 2 aromatic heterocycles. The van der Waals surface area contributed by atoms with Crippen molar-refractivity contribution in [1.82, 2.24) is 25.6 Å². The fraction of sp³-hybridized carbons (Fsp3) is 0.368. The largest absolute Gasteiger partial charge is 0.476 e. The molecule has 0 aliphatic heterocycles. The van der Waals surface area contributed by atoms with Crippen LogP contribution in [-0.4, -0.2) is 47.9 Å². The molecule has 0 spiro atoms. The number of ether oxygens (including phenoxy) is 1. The first-order chi connectivity index (χ1) is 13.7. The highest BCUT2D eigenvalue weighted by molar-refractivity contribution is 5.87. The van der Waals surface area contributed by atoms with Crippen molar-refractivity contribution in [2.24, 2.45) is 0 Å². The SMILES string of the molecule is O=C(O)c1[nH]nnc1O[C@H]1CC[C@@H](c2ccc(-c3ccn[nH]3)c(CO)c2)CC1. The van der Waals surface area contributed by atoms with Gasteiger partial charge < -0.3 is 14.9 Å². The molecule has 9 heteroatoms. The fourth-order valence-corrected chi connectivity index (χ4v) is 3.78. The molecule has 1 saturated carbocycles. The summed E-state index contributed by atoms with van der Waals surface area (Å²) in [6.45, 7) is -0.0369. The summed E-state index contributed by atoms with van der Waals surface area (Å²) in [5, 5.41) is 35.4. The lowest BCUT2D eigenvalue weighted by molar-refractivity contribution is 0.0677. The van der Waals surface area contributed by atoms with Crippen molar-refractivity contribution in [2.75, 3.05) is 0 Å². The molecule has 4 rings (SSSR count). The predicted octanol–water partition coefficient (Wildman–Crippen LogP) is 2.49. The van der Waals surface area contributed by atoms with Gasteiger partial charge in [0.1, 0.15) is 6.10 Å². The molecule has 0 atom stereocenters. The second-order valence-electron chi connectivity index (χ2n) is 6.93. The Bertz CT molecular complexity index is 945. The van der Waals surface area contributed by atoms with E-state index in [2.05, 4.69) is 37.7 Å². The molecule has 1 aliphatic carbocycles. The summed E-state index contributed by atoms with van der Waals surface area (Å²) in [7, 11) is 0. The molecule has 4 N–H and O–H groups in total. The summed E-state index contributed by atoms with van der Waals surface area (Å²) >= 11 is 0. The molecule has 0 bridgehead atoms. The molecule has 1 fully saturated rings. The van der Waals surface area contributed by atoms with Crippen molar-refractivity contribution >= 4 is 5.97 Å². The molecule has 1 aromatic carbocycles. The standard InChI is InChI=1S/C19H21N5O4/c25-10-13-9-12(3-6-15(13)16-7-8-20-21-16)11-1-4-14(5-2-11)28-18-17(19(26)27)22-24-23-18/h3,6-9,11,14,25H,1-2,4-5,10H2,(H,20,21)(H,26,27)(H,22,23,24)/t11-,14+. The Morgan fingerprint density at radius 2 is 2.00 bits per heavy atom. The number of hydrogen-bond acceptors (Lipinski definition) is 6. The molecular weight excluding hydrogens is 362 g/mol. The normalized spacial score (nSPS) is 19.5. The van der Waals surface area contributed by atoms with Gasteiger partial charge in [0.15, 0.2) is 0 Å². The third kappa shape index (κ3) is 3.61. The van der Waals surface area contributed by atoms with Crippen LogP contribution in [0.3, 0.4) is 0 Å². The first-order valence-electron chi connectivity index (χ1n) is 9.20.